The topological polar surface area (TPSA) is 145 Å². The molecule has 0 spiro atoms. The average Bonchev–Trinajstić information content (AvgIpc) is 3.24. The van der Waals surface area contributed by atoms with Crippen molar-refractivity contribution in [1.29, 1.82) is 0 Å². The number of rotatable bonds is 11. The predicted molar refractivity (Wildman–Crippen MR) is 129 cm³/mol. The molecule has 6 N–H and O–H groups in total. The van der Waals surface area contributed by atoms with Gasteiger partial charge < -0.3 is 31.5 Å². The molecule has 9 nitrogen and oxygen atoms in total. The van der Waals surface area contributed by atoms with E-state index in [9.17, 15) is 4.79 Å². The number of nitrogens with one attached hydrogen (secondary N) is 1. The first-order chi connectivity index (χ1) is 16.0. The van der Waals surface area contributed by atoms with Crippen LogP contribution >= 0.6 is 11.3 Å². The van der Waals surface area contributed by atoms with Gasteiger partial charge in [0, 0.05) is 18.2 Å². The van der Waals surface area contributed by atoms with E-state index >= 15 is 0 Å². The van der Waals surface area contributed by atoms with Crippen molar-refractivity contribution in [3.8, 4) is 22.8 Å². The van der Waals surface area contributed by atoms with Crippen molar-refractivity contribution in [2.45, 2.75) is 19.3 Å². The van der Waals surface area contributed by atoms with Gasteiger partial charge in [-0.05, 0) is 67.8 Å². The minimum Gasteiger partial charge on any atom is -0.494 e. The first-order valence-corrected chi connectivity index (χ1v) is 11.3. The van der Waals surface area contributed by atoms with Crippen molar-refractivity contribution in [3.05, 3.63) is 59.0 Å². The zero-order valence-electron chi connectivity index (χ0n) is 18.3. The Labute approximate surface area is 196 Å². The van der Waals surface area contributed by atoms with E-state index in [-0.39, 0.29) is 11.7 Å². The van der Waals surface area contributed by atoms with Crippen LogP contribution in [-0.2, 0) is 0 Å². The number of oxime groups is 1. The number of nitrogen functional groups attached to an aromatic ring is 1. The smallest absolute Gasteiger partial charge is 0.263 e. The number of carbonyl (C=O) groups excluding carboxylic acids is 1. The molecule has 3 aromatic rings. The minimum absolute atomic E-state index is 0.0673. The summed E-state index contributed by atoms with van der Waals surface area (Å²) in [6.45, 7) is 1.20. The van der Waals surface area contributed by atoms with Gasteiger partial charge in [-0.3, -0.25) is 4.79 Å². The summed E-state index contributed by atoms with van der Waals surface area (Å²) in [4.78, 5) is 16.8. The highest BCUT2D eigenvalue weighted by Gasteiger charge is 2.17. The highest BCUT2D eigenvalue weighted by molar-refractivity contribution is 7.17. The van der Waals surface area contributed by atoms with Crippen LogP contribution in [0.4, 0.5) is 5.13 Å². The van der Waals surface area contributed by atoms with E-state index < -0.39 is 0 Å². The Morgan fingerprint density at radius 3 is 2.15 bits per heavy atom. The Morgan fingerprint density at radius 2 is 1.61 bits per heavy atom. The number of thiazole rings is 1. The zero-order valence-corrected chi connectivity index (χ0v) is 19.1. The highest BCUT2D eigenvalue weighted by atomic mass is 32.1. The van der Waals surface area contributed by atoms with E-state index in [1.54, 1.807) is 31.3 Å². The third-order valence-electron chi connectivity index (χ3n) is 4.79. The largest absolute Gasteiger partial charge is 0.494 e. The number of nitrogens with two attached hydrogens (primary N) is 2. The number of carbonyl (C=O) groups is 1. The van der Waals surface area contributed by atoms with Gasteiger partial charge in [-0.25, -0.2) is 4.98 Å². The molecular weight excluding hydrogens is 442 g/mol. The molecule has 33 heavy (non-hydrogen) atoms. The van der Waals surface area contributed by atoms with Crippen LogP contribution in [0.15, 0.2) is 53.7 Å². The Balaban J connectivity index is 1.37. The number of hydrogen-bond donors (Lipinski definition) is 4. The van der Waals surface area contributed by atoms with Crippen LogP contribution in [0.25, 0.3) is 11.3 Å². The van der Waals surface area contributed by atoms with Crippen LogP contribution in [0, 0.1) is 0 Å². The zero-order chi connectivity index (χ0) is 23.6. The molecule has 1 amide bonds. The predicted octanol–water partition coefficient (Wildman–Crippen LogP) is 3.47. The van der Waals surface area contributed by atoms with E-state index in [1.807, 2.05) is 24.3 Å². The molecular formula is C23H27N5O4S. The van der Waals surface area contributed by atoms with E-state index in [4.69, 9.17) is 26.1 Å². The molecule has 0 fully saturated rings. The maximum atomic E-state index is 12.0. The number of anilines is 1. The number of benzene rings is 2. The number of amides is 1. The second-order valence-electron chi connectivity index (χ2n) is 7.10. The lowest BCUT2D eigenvalue weighted by atomic mass is 10.1. The molecule has 0 radical (unpaired) electrons. The van der Waals surface area contributed by atoms with Crippen molar-refractivity contribution in [2.75, 3.05) is 26.0 Å². The summed E-state index contributed by atoms with van der Waals surface area (Å²) >= 11 is 1.16. The third-order valence-corrected chi connectivity index (χ3v) is 5.67. The standard InChI is InChI=1S/C23H27N5O4S/c1-26-22(29)20-19(27-23(25)33-20)15-5-9-17(10-6-15)31-13-3-2-4-14-32-18-11-7-16(8-12-18)21(24)28-30/h5-12,30H,2-4,13-14H2,1H3,(H2,24,28)(H2,25,27)(H,26,29). The summed E-state index contributed by atoms with van der Waals surface area (Å²) in [5, 5.41) is 14.6. The van der Waals surface area contributed by atoms with Gasteiger partial charge in [0.15, 0.2) is 11.0 Å². The maximum Gasteiger partial charge on any atom is 0.263 e. The molecule has 0 saturated carbocycles. The van der Waals surface area contributed by atoms with E-state index in [1.165, 1.54) is 0 Å². The highest BCUT2D eigenvalue weighted by Crippen LogP contribution is 2.30. The number of hydrogen-bond acceptors (Lipinski definition) is 8. The molecule has 2 aromatic carbocycles. The Kier molecular flexibility index (Phi) is 8.48. The molecule has 10 heteroatoms. The van der Waals surface area contributed by atoms with Gasteiger partial charge in [0.05, 0.1) is 18.9 Å². The molecule has 0 aliphatic heterocycles. The lowest BCUT2D eigenvalue weighted by Crippen LogP contribution is -2.17. The van der Waals surface area contributed by atoms with E-state index in [0.717, 1.165) is 47.7 Å². The maximum absolute atomic E-state index is 12.0. The Morgan fingerprint density at radius 1 is 1.03 bits per heavy atom. The van der Waals surface area contributed by atoms with E-state index in [0.29, 0.717) is 34.5 Å². The SMILES string of the molecule is CNC(=O)c1sc(N)nc1-c1ccc(OCCCCCOc2ccc(C(N)=NO)cc2)cc1. The van der Waals surface area contributed by atoms with Gasteiger partial charge in [0.2, 0.25) is 0 Å². The number of nitrogens with zero attached hydrogens (tertiary/aromatic N) is 2. The molecule has 0 aliphatic rings. The normalized spacial score (nSPS) is 11.2. The molecule has 3 rings (SSSR count). The molecule has 0 unspecified atom stereocenters. The van der Waals surface area contributed by atoms with Gasteiger partial charge >= 0.3 is 0 Å². The first-order valence-electron chi connectivity index (χ1n) is 10.4. The number of ether oxygens (including phenoxy) is 2. The molecule has 1 aromatic heterocycles. The van der Waals surface area contributed by atoms with Crippen molar-refractivity contribution >= 4 is 28.2 Å². The fourth-order valence-corrected chi connectivity index (χ4v) is 3.85. The fraction of sp³-hybridized carbons (Fsp3) is 0.261. The van der Waals surface area contributed by atoms with Crippen LogP contribution in [0.2, 0.25) is 0 Å². The third kappa shape index (κ3) is 6.59. The first kappa shape index (κ1) is 23.9. The van der Waals surface area contributed by atoms with Crippen LogP contribution in [0.5, 0.6) is 11.5 Å². The van der Waals surface area contributed by atoms with Crippen molar-refractivity contribution in [2.24, 2.45) is 10.9 Å². The summed E-state index contributed by atoms with van der Waals surface area (Å²) in [7, 11) is 1.58. The number of amidine groups is 1. The molecule has 1 heterocycles. The summed E-state index contributed by atoms with van der Waals surface area (Å²) in [5.41, 5.74) is 13.3. The van der Waals surface area contributed by atoms with Gasteiger partial charge in [0.1, 0.15) is 16.4 Å². The quantitative estimate of drug-likeness (QED) is 0.111. The van der Waals surface area contributed by atoms with Crippen molar-refractivity contribution < 1.29 is 19.5 Å². The monoisotopic (exact) mass is 469 g/mol. The van der Waals surface area contributed by atoms with E-state index in [2.05, 4.69) is 15.5 Å². The molecule has 174 valence electrons. The summed E-state index contributed by atoms with van der Waals surface area (Å²) < 4.78 is 11.5. The van der Waals surface area contributed by atoms with Crippen molar-refractivity contribution in [1.82, 2.24) is 10.3 Å². The number of unbranched alkanes of at least 4 members (excludes halogenated alkanes) is 2. The fourth-order valence-electron chi connectivity index (χ4n) is 3.05. The van der Waals surface area contributed by atoms with Gasteiger partial charge in [-0.1, -0.05) is 16.5 Å². The van der Waals surface area contributed by atoms with Crippen molar-refractivity contribution in [3.63, 3.8) is 0 Å². The lowest BCUT2D eigenvalue weighted by molar-refractivity contribution is 0.0967. The van der Waals surface area contributed by atoms with Gasteiger partial charge in [0.25, 0.3) is 5.91 Å². The Bertz CT molecular complexity index is 1080. The van der Waals surface area contributed by atoms with Crippen LogP contribution in [0.3, 0.4) is 0 Å². The average molecular weight is 470 g/mol. The second-order valence-corrected chi connectivity index (χ2v) is 8.13. The minimum atomic E-state index is -0.207. The van der Waals surface area contributed by atoms with Gasteiger partial charge in [-0.2, -0.15) is 0 Å². The van der Waals surface area contributed by atoms with Crippen LogP contribution in [-0.4, -0.2) is 42.2 Å². The molecule has 0 bridgehead atoms. The second kappa shape index (κ2) is 11.7. The number of aromatic nitrogens is 1. The molecule has 0 atom stereocenters. The van der Waals surface area contributed by atoms with Crippen LogP contribution < -0.4 is 26.3 Å². The Hall–Kier alpha value is -3.79. The summed E-state index contributed by atoms with van der Waals surface area (Å²) in [6.07, 6.45) is 2.77. The lowest BCUT2D eigenvalue weighted by Gasteiger charge is -2.09. The molecule has 0 aliphatic carbocycles. The molecule has 0 saturated heterocycles. The summed E-state index contributed by atoms with van der Waals surface area (Å²) in [6, 6.07) is 14.5. The van der Waals surface area contributed by atoms with Gasteiger partial charge in [-0.15, -0.1) is 0 Å². The van der Waals surface area contributed by atoms with Crippen LogP contribution in [0.1, 0.15) is 34.5 Å². The summed E-state index contributed by atoms with van der Waals surface area (Å²) in [5.74, 6) is 1.35.